The number of likely N-dealkylation sites (N-methyl/N-ethyl adjacent to an activating group) is 1. The summed E-state index contributed by atoms with van der Waals surface area (Å²) in [5.41, 5.74) is -1.59. The third kappa shape index (κ3) is 5.75. The molecule has 39 heavy (non-hydrogen) atoms. The smallest absolute Gasteiger partial charge is 0.367 e. The average molecular weight is 545 g/mol. The van der Waals surface area contributed by atoms with Gasteiger partial charge in [0.05, 0.1) is 22.5 Å². The largest absolute Gasteiger partial charge is 0.417 e. The number of hydrogen-bond donors (Lipinski definition) is 2. The SMILES string of the molecule is CN1CCN(c2ccc(-c3ccc(N4CCCC4)nc3F)cc2NC(=O)c2c[nH]c(=O)cc2C(F)(F)F)CC1. The average Bonchev–Trinajstić information content (AvgIpc) is 3.44. The maximum absolute atomic E-state index is 15.2. The molecule has 1 amide bonds. The Kier molecular flexibility index (Phi) is 7.30. The van der Waals surface area contributed by atoms with E-state index in [4.69, 9.17) is 0 Å². The Balaban J connectivity index is 1.52. The Morgan fingerprint density at radius 3 is 2.36 bits per heavy atom. The molecule has 0 radical (unpaired) electrons. The molecule has 12 heteroatoms. The number of carbonyl (C=O) groups excluding carboxylic acids is 1. The summed E-state index contributed by atoms with van der Waals surface area (Å²) < 4.78 is 56.0. The van der Waals surface area contributed by atoms with E-state index in [1.54, 1.807) is 30.3 Å². The van der Waals surface area contributed by atoms with Gasteiger partial charge in [-0.15, -0.1) is 0 Å². The molecule has 5 rings (SSSR count). The van der Waals surface area contributed by atoms with Crippen LogP contribution in [0.25, 0.3) is 11.1 Å². The molecule has 2 aliphatic rings. The van der Waals surface area contributed by atoms with Gasteiger partial charge in [-0.1, -0.05) is 6.07 Å². The summed E-state index contributed by atoms with van der Waals surface area (Å²) in [5.74, 6) is -1.17. The van der Waals surface area contributed by atoms with Crippen LogP contribution >= 0.6 is 0 Å². The van der Waals surface area contributed by atoms with Gasteiger partial charge >= 0.3 is 6.18 Å². The molecule has 0 atom stereocenters. The van der Waals surface area contributed by atoms with Crippen LogP contribution in [0.5, 0.6) is 0 Å². The second kappa shape index (κ2) is 10.7. The van der Waals surface area contributed by atoms with Gasteiger partial charge in [-0.05, 0) is 49.7 Å². The lowest BCUT2D eigenvalue weighted by molar-refractivity contribution is -0.138. The van der Waals surface area contributed by atoms with Crippen molar-refractivity contribution >= 4 is 23.1 Å². The summed E-state index contributed by atoms with van der Waals surface area (Å²) in [5, 5.41) is 2.59. The zero-order valence-corrected chi connectivity index (χ0v) is 21.3. The fraction of sp³-hybridized carbons (Fsp3) is 0.370. The van der Waals surface area contributed by atoms with E-state index in [-0.39, 0.29) is 11.3 Å². The van der Waals surface area contributed by atoms with Crippen LogP contribution in [-0.2, 0) is 6.18 Å². The van der Waals surface area contributed by atoms with Crippen molar-refractivity contribution in [2.45, 2.75) is 19.0 Å². The van der Waals surface area contributed by atoms with E-state index in [1.807, 2.05) is 16.8 Å². The number of amides is 1. The summed E-state index contributed by atoms with van der Waals surface area (Å²) >= 11 is 0. The van der Waals surface area contributed by atoms with E-state index in [1.165, 1.54) is 0 Å². The zero-order chi connectivity index (χ0) is 27.7. The molecule has 0 bridgehead atoms. The van der Waals surface area contributed by atoms with Gasteiger partial charge in [0.2, 0.25) is 11.5 Å². The van der Waals surface area contributed by atoms with Crippen molar-refractivity contribution in [3.63, 3.8) is 0 Å². The highest BCUT2D eigenvalue weighted by Crippen LogP contribution is 2.35. The number of piperazine rings is 1. The van der Waals surface area contributed by atoms with Gasteiger partial charge < -0.3 is 25.0 Å². The highest BCUT2D eigenvalue weighted by Gasteiger charge is 2.36. The first kappa shape index (κ1) is 26.7. The van der Waals surface area contributed by atoms with Crippen molar-refractivity contribution in [3.8, 4) is 11.1 Å². The van der Waals surface area contributed by atoms with Crippen LogP contribution in [0.15, 0.2) is 47.4 Å². The van der Waals surface area contributed by atoms with Crippen LogP contribution in [0.4, 0.5) is 34.8 Å². The monoisotopic (exact) mass is 544 g/mol. The highest BCUT2D eigenvalue weighted by atomic mass is 19.4. The Bertz CT molecular complexity index is 1430. The van der Waals surface area contributed by atoms with Crippen molar-refractivity contribution in [2.24, 2.45) is 0 Å². The molecule has 2 aromatic heterocycles. The van der Waals surface area contributed by atoms with Gasteiger partial charge in [0.15, 0.2) is 0 Å². The van der Waals surface area contributed by atoms with E-state index < -0.39 is 34.7 Å². The number of halogens is 4. The Morgan fingerprint density at radius 2 is 1.69 bits per heavy atom. The minimum absolute atomic E-state index is 0.207. The van der Waals surface area contributed by atoms with E-state index in [0.29, 0.717) is 36.2 Å². The van der Waals surface area contributed by atoms with Crippen LogP contribution in [-0.4, -0.2) is 67.1 Å². The first-order valence-electron chi connectivity index (χ1n) is 12.7. The number of nitrogens with zero attached hydrogens (tertiary/aromatic N) is 4. The lowest BCUT2D eigenvalue weighted by atomic mass is 10.0. The van der Waals surface area contributed by atoms with Gasteiger partial charge in [-0.25, -0.2) is 4.98 Å². The molecule has 2 saturated heterocycles. The van der Waals surface area contributed by atoms with Gasteiger partial charge in [0, 0.05) is 57.1 Å². The number of nitrogens with one attached hydrogen (secondary N) is 2. The van der Waals surface area contributed by atoms with Crippen molar-refractivity contribution in [3.05, 3.63) is 70.0 Å². The van der Waals surface area contributed by atoms with Gasteiger partial charge in [0.1, 0.15) is 5.82 Å². The van der Waals surface area contributed by atoms with Crippen LogP contribution in [0, 0.1) is 5.95 Å². The first-order chi connectivity index (χ1) is 18.6. The number of benzene rings is 1. The van der Waals surface area contributed by atoms with Crippen molar-refractivity contribution in [1.29, 1.82) is 0 Å². The zero-order valence-electron chi connectivity index (χ0n) is 21.3. The maximum atomic E-state index is 15.2. The maximum Gasteiger partial charge on any atom is 0.417 e. The molecule has 8 nitrogen and oxygen atoms in total. The molecular formula is C27H28F4N6O2. The number of alkyl halides is 3. The lowest BCUT2D eigenvalue weighted by Crippen LogP contribution is -2.44. The van der Waals surface area contributed by atoms with E-state index >= 15 is 4.39 Å². The second-order valence-electron chi connectivity index (χ2n) is 9.80. The molecule has 0 aliphatic carbocycles. The molecule has 2 aliphatic heterocycles. The summed E-state index contributed by atoms with van der Waals surface area (Å²) in [7, 11) is 1.99. The standard InChI is InChI=1S/C27H28F4N6O2/c1-35-10-12-36(13-11-35)22-6-4-17(18-5-7-23(34-25(18)28)37-8-2-3-9-37)14-21(22)33-26(39)19-16-32-24(38)15-20(19)27(29,30)31/h4-7,14-16H,2-3,8-13H2,1H3,(H,32,38)(H,33,39). The Hall–Kier alpha value is -3.93. The fourth-order valence-electron chi connectivity index (χ4n) is 4.97. The quantitative estimate of drug-likeness (QED) is 0.370. The number of hydrogen-bond acceptors (Lipinski definition) is 6. The molecular weight excluding hydrogens is 516 g/mol. The molecule has 0 unspecified atom stereocenters. The molecule has 0 saturated carbocycles. The highest BCUT2D eigenvalue weighted by molar-refractivity contribution is 6.07. The molecule has 1 aromatic carbocycles. The number of aromatic amines is 1. The molecule has 206 valence electrons. The summed E-state index contributed by atoms with van der Waals surface area (Å²) in [6.45, 7) is 4.39. The first-order valence-corrected chi connectivity index (χ1v) is 12.7. The van der Waals surface area contributed by atoms with Crippen molar-refractivity contribution in [2.75, 3.05) is 61.4 Å². The second-order valence-corrected chi connectivity index (χ2v) is 9.80. The number of carbonyl (C=O) groups is 1. The van der Waals surface area contributed by atoms with Gasteiger partial charge in [-0.3, -0.25) is 9.59 Å². The normalized spacial score (nSPS) is 16.5. The Morgan fingerprint density at radius 1 is 0.974 bits per heavy atom. The van der Waals surface area contributed by atoms with E-state index in [0.717, 1.165) is 45.2 Å². The van der Waals surface area contributed by atoms with Gasteiger partial charge in [0.25, 0.3) is 5.91 Å². The van der Waals surface area contributed by atoms with Crippen LogP contribution in [0.1, 0.15) is 28.8 Å². The van der Waals surface area contributed by atoms with E-state index in [2.05, 4.69) is 20.2 Å². The third-order valence-electron chi connectivity index (χ3n) is 7.14. The molecule has 3 aromatic rings. The molecule has 2 fully saturated rings. The summed E-state index contributed by atoms with van der Waals surface area (Å²) in [6, 6.07) is 8.69. The summed E-state index contributed by atoms with van der Waals surface area (Å²) in [4.78, 5) is 37.1. The number of pyridine rings is 2. The minimum Gasteiger partial charge on any atom is -0.367 e. The predicted molar refractivity (Wildman–Crippen MR) is 141 cm³/mol. The van der Waals surface area contributed by atoms with Crippen molar-refractivity contribution < 1.29 is 22.4 Å². The van der Waals surface area contributed by atoms with Crippen LogP contribution < -0.4 is 20.7 Å². The topological polar surface area (TPSA) is 84.6 Å². The molecule has 0 spiro atoms. The predicted octanol–water partition coefficient (Wildman–Crippen LogP) is 4.20. The van der Waals surface area contributed by atoms with Crippen LogP contribution in [0.3, 0.4) is 0 Å². The molecule has 4 heterocycles. The van der Waals surface area contributed by atoms with Crippen molar-refractivity contribution in [1.82, 2.24) is 14.9 Å². The van der Waals surface area contributed by atoms with Crippen LogP contribution in [0.2, 0.25) is 0 Å². The fourth-order valence-corrected chi connectivity index (χ4v) is 4.97. The van der Waals surface area contributed by atoms with Gasteiger partial charge in [-0.2, -0.15) is 17.6 Å². The Labute approximate surface area is 222 Å². The number of aromatic nitrogens is 2. The number of anilines is 3. The third-order valence-corrected chi connectivity index (χ3v) is 7.14. The molecule has 2 N–H and O–H groups in total. The van der Waals surface area contributed by atoms with E-state index in [9.17, 15) is 22.8 Å². The summed E-state index contributed by atoms with van der Waals surface area (Å²) in [6.07, 6.45) is -2.12. The number of rotatable bonds is 5. The number of H-pyrrole nitrogens is 1. The minimum atomic E-state index is -4.91. The lowest BCUT2D eigenvalue weighted by Gasteiger charge is -2.35.